The number of aromatic nitrogens is 3. The molecule has 1 saturated heterocycles. The zero-order chi connectivity index (χ0) is 24.2. The Morgan fingerprint density at radius 1 is 1.14 bits per heavy atom. The first-order valence-corrected chi connectivity index (χ1v) is 12.7. The van der Waals surface area contributed by atoms with Crippen LogP contribution in [0.5, 0.6) is 0 Å². The predicted molar refractivity (Wildman–Crippen MR) is 138 cm³/mol. The van der Waals surface area contributed by atoms with Crippen molar-refractivity contribution >= 4 is 23.3 Å². The number of anilines is 1. The van der Waals surface area contributed by atoms with E-state index < -0.39 is 0 Å². The number of amides is 1. The van der Waals surface area contributed by atoms with Crippen molar-refractivity contribution in [3.63, 3.8) is 0 Å². The SMILES string of the molecule is CC1CCc2ncnc(N3CCN(C(=O)C(CNCc4cccnc4)c4ccc(Cl)cc4)CC3)c21. The number of hydrogen-bond donors (Lipinski definition) is 1. The molecule has 1 aromatic carbocycles. The fraction of sp³-hybridized carbons (Fsp3) is 0.407. The second-order valence-electron chi connectivity index (χ2n) is 9.41. The Kier molecular flexibility index (Phi) is 7.25. The summed E-state index contributed by atoms with van der Waals surface area (Å²) in [4.78, 5) is 31.3. The van der Waals surface area contributed by atoms with Crippen LogP contribution < -0.4 is 10.2 Å². The van der Waals surface area contributed by atoms with Crippen molar-refractivity contribution in [2.45, 2.75) is 38.1 Å². The van der Waals surface area contributed by atoms with E-state index in [2.05, 4.69) is 32.1 Å². The number of carbonyl (C=O) groups excluding carboxylic acids is 1. The first-order valence-electron chi connectivity index (χ1n) is 12.3. The van der Waals surface area contributed by atoms with E-state index >= 15 is 0 Å². The number of rotatable bonds is 7. The van der Waals surface area contributed by atoms with Crippen LogP contribution >= 0.6 is 11.6 Å². The van der Waals surface area contributed by atoms with Gasteiger partial charge in [-0.25, -0.2) is 9.97 Å². The van der Waals surface area contributed by atoms with Crippen LogP contribution in [0, 0.1) is 0 Å². The molecular weight excluding hydrogens is 460 g/mol. The lowest BCUT2D eigenvalue weighted by atomic mass is 9.96. The summed E-state index contributed by atoms with van der Waals surface area (Å²) >= 11 is 6.12. The predicted octanol–water partition coefficient (Wildman–Crippen LogP) is 3.80. The lowest BCUT2D eigenvalue weighted by Crippen LogP contribution is -2.51. The van der Waals surface area contributed by atoms with Crippen LogP contribution in [0.3, 0.4) is 0 Å². The van der Waals surface area contributed by atoms with Crippen molar-refractivity contribution in [2.24, 2.45) is 0 Å². The van der Waals surface area contributed by atoms with Gasteiger partial charge in [0.05, 0.1) is 5.92 Å². The number of carbonyl (C=O) groups is 1. The van der Waals surface area contributed by atoms with E-state index in [1.165, 1.54) is 11.3 Å². The molecular formula is C27H31ClN6O. The zero-order valence-electron chi connectivity index (χ0n) is 20.0. The van der Waals surface area contributed by atoms with Crippen LogP contribution in [-0.2, 0) is 17.8 Å². The minimum atomic E-state index is -0.279. The Hall–Kier alpha value is -3.03. The van der Waals surface area contributed by atoms with Gasteiger partial charge in [0.1, 0.15) is 12.1 Å². The molecule has 0 spiro atoms. The van der Waals surface area contributed by atoms with Gasteiger partial charge in [0.2, 0.25) is 5.91 Å². The van der Waals surface area contributed by atoms with Crippen LogP contribution in [0.1, 0.15) is 47.6 Å². The Labute approximate surface area is 211 Å². The highest BCUT2D eigenvalue weighted by molar-refractivity contribution is 6.30. The van der Waals surface area contributed by atoms with Crippen molar-refractivity contribution in [3.05, 3.63) is 82.5 Å². The molecule has 2 atom stereocenters. The average molecular weight is 491 g/mol. The summed E-state index contributed by atoms with van der Waals surface area (Å²) in [7, 11) is 0. The molecule has 1 N–H and O–H groups in total. The van der Waals surface area contributed by atoms with E-state index in [4.69, 9.17) is 11.6 Å². The molecule has 1 fully saturated rings. The normalized spacial score (nSPS) is 18.4. The number of fused-ring (bicyclic) bond motifs is 1. The molecule has 182 valence electrons. The third-order valence-corrected chi connectivity index (χ3v) is 7.37. The van der Waals surface area contributed by atoms with Crippen molar-refractivity contribution in [1.29, 1.82) is 0 Å². The van der Waals surface area contributed by atoms with E-state index in [-0.39, 0.29) is 11.8 Å². The molecule has 0 radical (unpaired) electrons. The standard InChI is InChI=1S/C27H31ClN6O/c1-19-4-9-24-25(19)26(32-18-31-24)33-11-13-34(14-12-33)27(35)23(21-5-7-22(28)8-6-21)17-30-16-20-3-2-10-29-15-20/h2-3,5-8,10,15,18-19,23,30H,4,9,11-14,16-17H2,1H3. The zero-order valence-corrected chi connectivity index (χ0v) is 20.8. The highest BCUT2D eigenvalue weighted by Crippen LogP contribution is 2.37. The molecule has 2 aromatic heterocycles. The summed E-state index contributed by atoms with van der Waals surface area (Å²) in [5.41, 5.74) is 4.55. The number of halogens is 1. The van der Waals surface area contributed by atoms with Gasteiger partial charge in [-0.2, -0.15) is 0 Å². The molecule has 2 aliphatic rings. The maximum Gasteiger partial charge on any atom is 0.231 e. The molecule has 3 heterocycles. The van der Waals surface area contributed by atoms with Gasteiger partial charge in [0.25, 0.3) is 0 Å². The molecule has 5 rings (SSSR count). The van der Waals surface area contributed by atoms with E-state index in [1.807, 2.05) is 47.5 Å². The van der Waals surface area contributed by atoms with Gasteiger partial charge in [0, 0.05) is 67.9 Å². The summed E-state index contributed by atoms with van der Waals surface area (Å²) in [5.74, 6) is 1.41. The molecule has 7 nitrogen and oxygen atoms in total. The molecule has 2 unspecified atom stereocenters. The minimum Gasteiger partial charge on any atom is -0.353 e. The monoisotopic (exact) mass is 490 g/mol. The quantitative estimate of drug-likeness (QED) is 0.543. The number of nitrogens with zero attached hydrogens (tertiary/aromatic N) is 5. The molecule has 8 heteroatoms. The van der Waals surface area contributed by atoms with Gasteiger partial charge in [-0.05, 0) is 48.1 Å². The fourth-order valence-corrected chi connectivity index (χ4v) is 5.27. The van der Waals surface area contributed by atoms with Gasteiger partial charge in [0.15, 0.2) is 0 Å². The van der Waals surface area contributed by atoms with Crippen LogP contribution in [0.2, 0.25) is 5.02 Å². The van der Waals surface area contributed by atoms with Gasteiger partial charge >= 0.3 is 0 Å². The van der Waals surface area contributed by atoms with Crippen molar-refractivity contribution in [2.75, 3.05) is 37.6 Å². The second kappa shape index (κ2) is 10.7. The molecule has 0 bridgehead atoms. The topological polar surface area (TPSA) is 74.2 Å². The van der Waals surface area contributed by atoms with Crippen molar-refractivity contribution < 1.29 is 4.79 Å². The smallest absolute Gasteiger partial charge is 0.231 e. The number of pyridine rings is 1. The highest BCUT2D eigenvalue weighted by Gasteiger charge is 2.32. The van der Waals surface area contributed by atoms with E-state index in [1.54, 1.807) is 12.5 Å². The number of hydrogen-bond acceptors (Lipinski definition) is 6. The molecule has 3 aromatic rings. The second-order valence-corrected chi connectivity index (χ2v) is 9.84. The van der Waals surface area contributed by atoms with Gasteiger partial charge in [-0.15, -0.1) is 0 Å². The molecule has 1 aliphatic heterocycles. The number of nitrogens with one attached hydrogen (secondary N) is 1. The Balaban J connectivity index is 1.26. The van der Waals surface area contributed by atoms with Gasteiger partial charge < -0.3 is 15.1 Å². The summed E-state index contributed by atoms with van der Waals surface area (Å²) in [6.45, 7) is 6.38. The number of piperazine rings is 1. The Bertz CT molecular complexity index is 1150. The third-order valence-electron chi connectivity index (χ3n) is 7.11. The van der Waals surface area contributed by atoms with Gasteiger partial charge in [-0.1, -0.05) is 36.7 Å². The van der Waals surface area contributed by atoms with E-state index in [9.17, 15) is 4.79 Å². The maximum absolute atomic E-state index is 13.7. The maximum atomic E-state index is 13.7. The van der Waals surface area contributed by atoms with Crippen molar-refractivity contribution in [1.82, 2.24) is 25.2 Å². The average Bonchev–Trinajstić information content (AvgIpc) is 3.29. The summed E-state index contributed by atoms with van der Waals surface area (Å²) in [6.07, 6.45) is 7.46. The number of benzene rings is 1. The summed E-state index contributed by atoms with van der Waals surface area (Å²) < 4.78 is 0. The Morgan fingerprint density at radius 3 is 2.69 bits per heavy atom. The first-order chi connectivity index (χ1) is 17.1. The largest absolute Gasteiger partial charge is 0.353 e. The fourth-order valence-electron chi connectivity index (χ4n) is 5.14. The van der Waals surface area contributed by atoms with Crippen LogP contribution in [-0.4, -0.2) is 58.5 Å². The molecule has 1 aliphatic carbocycles. The van der Waals surface area contributed by atoms with E-state index in [0.29, 0.717) is 37.1 Å². The molecule has 1 amide bonds. The lowest BCUT2D eigenvalue weighted by Gasteiger charge is -2.38. The van der Waals surface area contributed by atoms with Crippen LogP contribution in [0.4, 0.5) is 5.82 Å². The highest BCUT2D eigenvalue weighted by atomic mass is 35.5. The minimum absolute atomic E-state index is 0.145. The van der Waals surface area contributed by atoms with Crippen molar-refractivity contribution in [3.8, 4) is 0 Å². The molecule has 35 heavy (non-hydrogen) atoms. The summed E-state index contributed by atoms with van der Waals surface area (Å²) in [6, 6.07) is 11.6. The first kappa shape index (κ1) is 23.7. The van der Waals surface area contributed by atoms with E-state index in [0.717, 1.165) is 42.9 Å². The Morgan fingerprint density at radius 2 is 1.94 bits per heavy atom. The lowest BCUT2D eigenvalue weighted by molar-refractivity contribution is -0.133. The number of aryl methyl sites for hydroxylation is 1. The van der Waals surface area contributed by atoms with Gasteiger partial charge in [-0.3, -0.25) is 9.78 Å². The summed E-state index contributed by atoms with van der Waals surface area (Å²) in [5, 5.41) is 4.12. The van der Waals surface area contributed by atoms with Crippen LogP contribution in [0.15, 0.2) is 55.1 Å². The van der Waals surface area contributed by atoms with Crippen LogP contribution in [0.25, 0.3) is 0 Å². The third kappa shape index (κ3) is 5.31. The molecule has 0 saturated carbocycles.